The van der Waals surface area contributed by atoms with Crippen molar-refractivity contribution in [1.82, 2.24) is 10.2 Å². The van der Waals surface area contributed by atoms with Gasteiger partial charge >= 0.3 is 0 Å². The molecule has 0 aliphatic heterocycles. The van der Waals surface area contributed by atoms with E-state index in [1.54, 1.807) is 7.11 Å². The first kappa shape index (κ1) is 18.0. The van der Waals surface area contributed by atoms with Crippen molar-refractivity contribution in [3.05, 3.63) is 42.0 Å². The average Bonchev–Trinajstić information content (AvgIpc) is 3.03. The zero-order chi connectivity index (χ0) is 18.8. The molecule has 0 aliphatic rings. The second-order valence-corrected chi connectivity index (χ2v) is 7.09. The number of anilines is 1. The Hall–Kier alpha value is -2.82. The largest absolute Gasteiger partial charge is 0.496 e. The maximum Gasteiger partial charge on any atom is 0.228 e. The summed E-state index contributed by atoms with van der Waals surface area (Å²) in [6.07, 6.45) is 0. The van der Waals surface area contributed by atoms with Crippen molar-refractivity contribution in [3.8, 4) is 16.9 Å². The van der Waals surface area contributed by atoms with E-state index in [2.05, 4.69) is 41.5 Å². The van der Waals surface area contributed by atoms with Gasteiger partial charge in [-0.05, 0) is 41.3 Å². The van der Waals surface area contributed by atoms with Gasteiger partial charge in [-0.1, -0.05) is 39.8 Å². The number of nitrogens with one attached hydrogen (secondary N) is 2. The molecule has 1 amide bonds. The van der Waals surface area contributed by atoms with Crippen LogP contribution in [-0.4, -0.2) is 23.2 Å². The number of fused-ring (bicyclic) bond motifs is 1. The lowest BCUT2D eigenvalue weighted by atomic mass is 9.96. The highest BCUT2D eigenvalue weighted by Gasteiger charge is 2.14. The van der Waals surface area contributed by atoms with E-state index in [0.717, 1.165) is 27.8 Å². The minimum absolute atomic E-state index is 0.0474. The van der Waals surface area contributed by atoms with Gasteiger partial charge in [0, 0.05) is 16.9 Å². The number of benzene rings is 2. The Morgan fingerprint density at radius 2 is 1.88 bits per heavy atom. The summed E-state index contributed by atoms with van der Waals surface area (Å²) in [5.41, 5.74) is 4.22. The number of nitrogens with zero attached hydrogens (tertiary/aromatic N) is 1. The monoisotopic (exact) mass is 351 g/mol. The quantitative estimate of drug-likeness (QED) is 0.683. The first-order valence-corrected chi connectivity index (χ1v) is 8.88. The molecule has 0 saturated heterocycles. The summed E-state index contributed by atoms with van der Waals surface area (Å²) in [5.74, 6) is 1.70. The zero-order valence-corrected chi connectivity index (χ0v) is 15.9. The lowest BCUT2D eigenvalue weighted by Gasteiger charge is -2.13. The fraction of sp³-hybridized carbons (Fsp3) is 0.333. The molecule has 26 heavy (non-hydrogen) atoms. The van der Waals surface area contributed by atoms with Crippen LogP contribution in [0.3, 0.4) is 0 Å². The van der Waals surface area contributed by atoms with Gasteiger partial charge < -0.3 is 10.1 Å². The molecule has 0 fully saturated rings. The van der Waals surface area contributed by atoms with E-state index in [1.807, 2.05) is 38.1 Å². The standard InChI is InChI=1S/C21H25N3O2/c1-12(2)14-7-9-19(26-5)17(10-14)15-6-8-16-18(11-15)23-24-20(16)22-21(25)13(3)4/h6-13H,1-5H3,(H2,22,23,24,25). The minimum atomic E-state index is -0.0935. The summed E-state index contributed by atoms with van der Waals surface area (Å²) in [4.78, 5) is 11.9. The number of ether oxygens (including phenoxy) is 1. The van der Waals surface area contributed by atoms with Crippen molar-refractivity contribution in [3.63, 3.8) is 0 Å². The van der Waals surface area contributed by atoms with Crippen LogP contribution in [0.1, 0.15) is 39.2 Å². The Kier molecular flexibility index (Phi) is 4.98. The van der Waals surface area contributed by atoms with Gasteiger partial charge in [0.1, 0.15) is 5.75 Å². The van der Waals surface area contributed by atoms with E-state index in [9.17, 15) is 4.79 Å². The molecule has 0 bridgehead atoms. The highest BCUT2D eigenvalue weighted by Crippen LogP contribution is 2.35. The molecule has 0 atom stereocenters. The van der Waals surface area contributed by atoms with Gasteiger partial charge in [0.2, 0.25) is 5.91 Å². The number of rotatable bonds is 5. The summed E-state index contributed by atoms with van der Waals surface area (Å²) in [7, 11) is 1.68. The van der Waals surface area contributed by atoms with Crippen LogP contribution in [0, 0.1) is 5.92 Å². The van der Waals surface area contributed by atoms with Crippen molar-refractivity contribution in [2.24, 2.45) is 5.92 Å². The van der Waals surface area contributed by atoms with Gasteiger partial charge in [-0.25, -0.2) is 0 Å². The Balaban J connectivity index is 2.03. The Labute approximate surface area is 153 Å². The third-order valence-electron chi connectivity index (χ3n) is 4.53. The summed E-state index contributed by atoms with van der Waals surface area (Å²) in [6, 6.07) is 12.3. The smallest absolute Gasteiger partial charge is 0.228 e. The lowest BCUT2D eigenvalue weighted by Crippen LogP contribution is -2.18. The number of amides is 1. The van der Waals surface area contributed by atoms with E-state index >= 15 is 0 Å². The molecule has 0 aliphatic carbocycles. The van der Waals surface area contributed by atoms with E-state index in [1.165, 1.54) is 5.56 Å². The minimum Gasteiger partial charge on any atom is -0.496 e. The average molecular weight is 351 g/mol. The second kappa shape index (κ2) is 7.20. The maximum absolute atomic E-state index is 11.9. The molecule has 0 spiro atoms. The fourth-order valence-electron chi connectivity index (χ4n) is 2.85. The van der Waals surface area contributed by atoms with Gasteiger partial charge in [-0.3, -0.25) is 9.89 Å². The van der Waals surface area contributed by atoms with E-state index in [4.69, 9.17) is 4.74 Å². The molecule has 136 valence electrons. The molecule has 5 heteroatoms. The number of hydrogen-bond donors (Lipinski definition) is 2. The van der Waals surface area contributed by atoms with Crippen LogP contribution in [-0.2, 0) is 4.79 Å². The van der Waals surface area contributed by atoms with Gasteiger partial charge in [0.15, 0.2) is 5.82 Å². The molecule has 3 aromatic rings. The molecule has 1 heterocycles. The van der Waals surface area contributed by atoms with Crippen molar-refractivity contribution < 1.29 is 9.53 Å². The molecule has 0 radical (unpaired) electrons. The number of aromatic amines is 1. The molecule has 3 rings (SSSR count). The highest BCUT2D eigenvalue weighted by molar-refractivity contribution is 6.01. The van der Waals surface area contributed by atoms with Crippen LogP contribution >= 0.6 is 0 Å². The summed E-state index contributed by atoms with van der Waals surface area (Å²) >= 11 is 0. The van der Waals surface area contributed by atoms with Crippen LogP contribution in [0.25, 0.3) is 22.0 Å². The molecular weight excluding hydrogens is 326 g/mol. The Morgan fingerprint density at radius 3 is 2.54 bits per heavy atom. The van der Waals surface area contributed by atoms with Crippen molar-refractivity contribution in [2.45, 2.75) is 33.6 Å². The number of methoxy groups -OCH3 is 1. The lowest BCUT2D eigenvalue weighted by molar-refractivity contribution is -0.118. The first-order valence-electron chi connectivity index (χ1n) is 8.88. The third kappa shape index (κ3) is 3.43. The predicted octanol–water partition coefficient (Wildman–Crippen LogP) is 4.96. The highest BCUT2D eigenvalue weighted by atomic mass is 16.5. The molecular formula is C21H25N3O2. The van der Waals surface area contributed by atoms with E-state index in [0.29, 0.717) is 11.7 Å². The van der Waals surface area contributed by atoms with Crippen LogP contribution in [0.2, 0.25) is 0 Å². The molecule has 1 aromatic heterocycles. The Morgan fingerprint density at radius 1 is 1.12 bits per heavy atom. The summed E-state index contributed by atoms with van der Waals surface area (Å²) in [6.45, 7) is 8.06. The summed E-state index contributed by atoms with van der Waals surface area (Å²) in [5, 5.41) is 11.0. The Bertz CT molecular complexity index is 942. The molecule has 2 aromatic carbocycles. The topological polar surface area (TPSA) is 67.0 Å². The molecule has 2 N–H and O–H groups in total. The van der Waals surface area contributed by atoms with Crippen LogP contribution in [0.5, 0.6) is 5.75 Å². The van der Waals surface area contributed by atoms with Gasteiger partial charge in [-0.15, -0.1) is 0 Å². The number of aromatic nitrogens is 2. The van der Waals surface area contributed by atoms with Crippen LogP contribution < -0.4 is 10.1 Å². The number of carbonyl (C=O) groups is 1. The first-order chi connectivity index (χ1) is 12.4. The van der Waals surface area contributed by atoms with Crippen LogP contribution in [0.15, 0.2) is 36.4 Å². The van der Waals surface area contributed by atoms with Crippen LogP contribution in [0.4, 0.5) is 5.82 Å². The van der Waals surface area contributed by atoms with Crippen molar-refractivity contribution >= 4 is 22.6 Å². The number of H-pyrrole nitrogens is 1. The van der Waals surface area contributed by atoms with Crippen molar-refractivity contribution in [2.75, 3.05) is 12.4 Å². The molecule has 0 unspecified atom stereocenters. The molecule has 0 saturated carbocycles. The zero-order valence-electron chi connectivity index (χ0n) is 15.9. The number of hydrogen-bond acceptors (Lipinski definition) is 3. The number of carbonyl (C=O) groups excluding carboxylic acids is 1. The summed E-state index contributed by atoms with van der Waals surface area (Å²) < 4.78 is 5.55. The van der Waals surface area contributed by atoms with Gasteiger partial charge in [-0.2, -0.15) is 5.10 Å². The van der Waals surface area contributed by atoms with E-state index in [-0.39, 0.29) is 11.8 Å². The SMILES string of the molecule is COc1ccc(C(C)C)cc1-c1ccc2c(NC(=O)C(C)C)n[nH]c2c1. The normalized spacial score (nSPS) is 11.3. The fourth-order valence-corrected chi connectivity index (χ4v) is 2.85. The maximum atomic E-state index is 11.9. The van der Waals surface area contributed by atoms with Crippen molar-refractivity contribution in [1.29, 1.82) is 0 Å². The third-order valence-corrected chi connectivity index (χ3v) is 4.53. The molecule has 5 nitrogen and oxygen atoms in total. The second-order valence-electron chi connectivity index (χ2n) is 7.09. The van der Waals surface area contributed by atoms with E-state index < -0.39 is 0 Å². The van der Waals surface area contributed by atoms with Gasteiger partial charge in [0.25, 0.3) is 0 Å². The predicted molar refractivity (Wildman–Crippen MR) is 106 cm³/mol. The van der Waals surface area contributed by atoms with Gasteiger partial charge in [0.05, 0.1) is 12.6 Å².